The van der Waals surface area contributed by atoms with E-state index in [9.17, 15) is 0 Å². The molecule has 0 radical (unpaired) electrons. The van der Waals surface area contributed by atoms with E-state index >= 15 is 0 Å². The average Bonchev–Trinajstić information content (AvgIpc) is 2.92. The zero-order valence-electron chi connectivity index (χ0n) is 16.7. The first kappa shape index (κ1) is 21.4. The van der Waals surface area contributed by atoms with E-state index in [1.807, 2.05) is 27.7 Å². The van der Waals surface area contributed by atoms with Gasteiger partial charge in [0.05, 0.1) is 0 Å². The molecule has 2 aromatic rings. The molecule has 0 aromatic heterocycles. The molecule has 0 aliphatic carbocycles. The molecule has 1 heteroatoms. The molecule has 0 bridgehead atoms. The van der Waals surface area contributed by atoms with Crippen LogP contribution in [0.4, 0.5) is 0 Å². The molecule has 25 heavy (non-hydrogen) atoms. The summed E-state index contributed by atoms with van der Waals surface area (Å²) < 4.78 is 0. The fourth-order valence-electron chi connectivity index (χ4n) is 3.54. The first-order valence-corrected chi connectivity index (χ1v) is 10.2. The third-order valence-corrected chi connectivity index (χ3v) is 4.73. The van der Waals surface area contributed by atoms with Crippen LogP contribution in [0.3, 0.4) is 0 Å². The van der Waals surface area contributed by atoms with Crippen LogP contribution < -0.4 is 5.32 Å². The molecule has 0 spiro atoms. The summed E-state index contributed by atoms with van der Waals surface area (Å²) in [7, 11) is 0. The third kappa shape index (κ3) is 7.88. The first-order chi connectivity index (χ1) is 12.4. The maximum Gasteiger partial charge on any atom is -0.00461 e. The standard InChI is InChI=1S/C20H25N.2C2H6/c1-3-7-17(8-4-1)15-19-11-13-21-14-12-20(19)16-18-9-5-2-6-10-18;2*1-2/h1-10,19-21H,11-16H2;2*1-2H3/t19-,20+;;. The van der Waals surface area contributed by atoms with E-state index in [1.165, 1.54) is 49.9 Å². The normalized spacial score (nSPS) is 19.5. The summed E-state index contributed by atoms with van der Waals surface area (Å²) in [5, 5.41) is 3.58. The van der Waals surface area contributed by atoms with Crippen molar-refractivity contribution >= 4 is 0 Å². The Morgan fingerprint density at radius 2 is 1.00 bits per heavy atom. The van der Waals surface area contributed by atoms with E-state index in [0.717, 1.165) is 11.8 Å². The number of nitrogens with one attached hydrogen (secondary N) is 1. The second-order valence-corrected chi connectivity index (χ2v) is 6.23. The van der Waals surface area contributed by atoms with Gasteiger partial charge in [0.1, 0.15) is 0 Å². The molecule has 1 aliphatic heterocycles. The average molecular weight is 340 g/mol. The fraction of sp³-hybridized carbons (Fsp3) is 0.500. The summed E-state index contributed by atoms with van der Waals surface area (Å²) in [5.74, 6) is 1.59. The lowest BCUT2D eigenvalue weighted by Gasteiger charge is -2.25. The van der Waals surface area contributed by atoms with Crippen molar-refractivity contribution in [2.75, 3.05) is 13.1 Å². The van der Waals surface area contributed by atoms with Gasteiger partial charge in [-0.3, -0.25) is 0 Å². The number of rotatable bonds is 4. The van der Waals surface area contributed by atoms with Gasteiger partial charge in [-0.2, -0.15) is 0 Å². The maximum atomic E-state index is 3.58. The molecule has 1 nitrogen and oxygen atoms in total. The summed E-state index contributed by atoms with van der Waals surface area (Å²) >= 11 is 0. The van der Waals surface area contributed by atoms with Crippen molar-refractivity contribution in [3.8, 4) is 0 Å². The summed E-state index contributed by atoms with van der Waals surface area (Å²) in [5.41, 5.74) is 2.98. The fourth-order valence-corrected chi connectivity index (χ4v) is 3.54. The lowest BCUT2D eigenvalue weighted by molar-refractivity contribution is 0.317. The minimum Gasteiger partial charge on any atom is -0.317 e. The van der Waals surface area contributed by atoms with Crippen molar-refractivity contribution in [3.63, 3.8) is 0 Å². The third-order valence-electron chi connectivity index (χ3n) is 4.73. The second-order valence-electron chi connectivity index (χ2n) is 6.23. The maximum absolute atomic E-state index is 3.58. The molecule has 3 rings (SSSR count). The van der Waals surface area contributed by atoms with Gasteiger partial charge >= 0.3 is 0 Å². The van der Waals surface area contributed by atoms with Gasteiger partial charge in [0.15, 0.2) is 0 Å². The second kappa shape index (κ2) is 13.7. The monoisotopic (exact) mass is 339 g/mol. The van der Waals surface area contributed by atoms with Gasteiger partial charge in [-0.05, 0) is 61.7 Å². The Labute approximate surface area is 155 Å². The molecular formula is C24H37N. The van der Waals surface area contributed by atoms with E-state index in [1.54, 1.807) is 0 Å². The summed E-state index contributed by atoms with van der Waals surface area (Å²) in [6.45, 7) is 10.3. The van der Waals surface area contributed by atoms with Crippen LogP contribution in [0.5, 0.6) is 0 Å². The zero-order chi connectivity index (χ0) is 18.3. The van der Waals surface area contributed by atoms with E-state index in [2.05, 4.69) is 66.0 Å². The Morgan fingerprint density at radius 3 is 1.36 bits per heavy atom. The molecular weight excluding hydrogens is 302 g/mol. The van der Waals surface area contributed by atoms with Crippen molar-refractivity contribution in [3.05, 3.63) is 71.8 Å². The molecule has 138 valence electrons. The highest BCUT2D eigenvalue weighted by Crippen LogP contribution is 2.28. The largest absolute Gasteiger partial charge is 0.317 e. The first-order valence-electron chi connectivity index (χ1n) is 10.2. The Morgan fingerprint density at radius 1 is 0.640 bits per heavy atom. The number of benzene rings is 2. The quantitative estimate of drug-likeness (QED) is 0.705. The Balaban J connectivity index is 0.000000730. The predicted molar refractivity (Wildman–Crippen MR) is 112 cm³/mol. The van der Waals surface area contributed by atoms with Gasteiger partial charge in [0.25, 0.3) is 0 Å². The molecule has 0 amide bonds. The van der Waals surface area contributed by atoms with Crippen molar-refractivity contribution < 1.29 is 0 Å². The molecule has 2 aromatic carbocycles. The SMILES string of the molecule is CC.CC.c1ccc(C[C@H]2CCNCC[C@H]2Cc2ccccc2)cc1. The minimum absolute atomic E-state index is 0.794. The van der Waals surface area contributed by atoms with Crippen molar-refractivity contribution in [2.45, 2.75) is 53.4 Å². The Hall–Kier alpha value is -1.60. The highest BCUT2D eigenvalue weighted by atomic mass is 14.9. The van der Waals surface area contributed by atoms with Crippen LogP contribution in [0.2, 0.25) is 0 Å². The number of hydrogen-bond acceptors (Lipinski definition) is 1. The smallest absolute Gasteiger partial charge is 0.00461 e. The molecule has 1 aliphatic rings. The van der Waals surface area contributed by atoms with Crippen molar-refractivity contribution in [1.82, 2.24) is 5.32 Å². The van der Waals surface area contributed by atoms with E-state index < -0.39 is 0 Å². The Kier molecular flexibility index (Phi) is 11.7. The molecule has 1 heterocycles. The van der Waals surface area contributed by atoms with E-state index in [0.29, 0.717) is 0 Å². The van der Waals surface area contributed by atoms with E-state index in [4.69, 9.17) is 0 Å². The van der Waals surface area contributed by atoms with Crippen molar-refractivity contribution in [1.29, 1.82) is 0 Å². The Bertz CT molecular complexity index is 471. The van der Waals surface area contributed by atoms with E-state index in [-0.39, 0.29) is 0 Å². The van der Waals surface area contributed by atoms with Gasteiger partial charge in [0, 0.05) is 0 Å². The lowest BCUT2D eigenvalue weighted by atomic mass is 9.80. The number of hydrogen-bond donors (Lipinski definition) is 1. The highest BCUT2D eigenvalue weighted by Gasteiger charge is 2.23. The topological polar surface area (TPSA) is 12.0 Å². The van der Waals surface area contributed by atoms with Gasteiger partial charge < -0.3 is 5.32 Å². The summed E-state index contributed by atoms with van der Waals surface area (Å²) in [4.78, 5) is 0. The molecule has 1 N–H and O–H groups in total. The molecule has 0 unspecified atom stereocenters. The highest BCUT2D eigenvalue weighted by molar-refractivity contribution is 5.18. The zero-order valence-corrected chi connectivity index (χ0v) is 16.7. The molecule has 2 atom stereocenters. The molecule has 0 saturated carbocycles. The van der Waals surface area contributed by atoms with Gasteiger partial charge in [0.2, 0.25) is 0 Å². The minimum atomic E-state index is 0.794. The molecule has 1 saturated heterocycles. The van der Waals surface area contributed by atoms with Crippen molar-refractivity contribution in [2.24, 2.45) is 11.8 Å². The van der Waals surface area contributed by atoms with Crippen LogP contribution in [0.25, 0.3) is 0 Å². The predicted octanol–water partition coefficient (Wildman–Crippen LogP) is 6.14. The van der Waals surface area contributed by atoms with Crippen LogP contribution in [0.1, 0.15) is 51.7 Å². The van der Waals surface area contributed by atoms with Crippen LogP contribution in [-0.2, 0) is 12.8 Å². The summed E-state index contributed by atoms with van der Waals surface area (Å²) in [6.07, 6.45) is 5.04. The van der Waals surface area contributed by atoms with Gasteiger partial charge in [-0.1, -0.05) is 88.4 Å². The van der Waals surface area contributed by atoms with Crippen LogP contribution >= 0.6 is 0 Å². The van der Waals surface area contributed by atoms with Crippen LogP contribution in [0.15, 0.2) is 60.7 Å². The summed E-state index contributed by atoms with van der Waals surface area (Å²) in [6, 6.07) is 22.0. The van der Waals surface area contributed by atoms with Gasteiger partial charge in [-0.15, -0.1) is 0 Å². The van der Waals surface area contributed by atoms with Crippen LogP contribution in [-0.4, -0.2) is 13.1 Å². The lowest BCUT2D eigenvalue weighted by Crippen LogP contribution is -2.19. The van der Waals surface area contributed by atoms with Gasteiger partial charge in [-0.25, -0.2) is 0 Å². The van der Waals surface area contributed by atoms with Crippen LogP contribution in [0, 0.1) is 11.8 Å². The molecule has 1 fully saturated rings.